The summed E-state index contributed by atoms with van der Waals surface area (Å²) < 4.78 is 11.0. The molecule has 8 heteroatoms. The molecule has 2 atom stereocenters. The highest BCUT2D eigenvalue weighted by Crippen LogP contribution is 2.30. The number of amides is 2. The quantitative estimate of drug-likeness (QED) is 0.662. The molecule has 0 fully saturated rings. The minimum Gasteiger partial charge on any atom is -0.485 e. The molecule has 8 nitrogen and oxygen atoms in total. The number of nitrogens with one attached hydrogen (secondary N) is 2. The van der Waals surface area contributed by atoms with Gasteiger partial charge in [-0.2, -0.15) is 0 Å². The molecule has 136 valence electrons. The number of benzene rings is 1. The number of carbonyl (C=O) groups excluding carboxylic acids is 2. The van der Waals surface area contributed by atoms with E-state index >= 15 is 0 Å². The van der Waals surface area contributed by atoms with Crippen LogP contribution in [0.5, 0.6) is 11.5 Å². The van der Waals surface area contributed by atoms with Crippen LogP contribution in [0.1, 0.15) is 20.3 Å². The molecule has 25 heavy (non-hydrogen) atoms. The van der Waals surface area contributed by atoms with Crippen molar-refractivity contribution in [3.05, 3.63) is 24.3 Å². The van der Waals surface area contributed by atoms with Gasteiger partial charge in [-0.15, -0.1) is 0 Å². The average Bonchev–Trinajstić information content (AvgIpc) is 2.58. The molecule has 0 saturated heterocycles. The molecule has 0 aromatic heterocycles. The molecule has 1 aliphatic rings. The van der Waals surface area contributed by atoms with E-state index < -0.39 is 29.9 Å². The van der Waals surface area contributed by atoms with E-state index in [-0.39, 0.29) is 19.1 Å². The van der Waals surface area contributed by atoms with E-state index in [2.05, 4.69) is 10.6 Å². The molecule has 0 spiro atoms. The van der Waals surface area contributed by atoms with Crippen LogP contribution in [-0.4, -0.2) is 48.2 Å². The van der Waals surface area contributed by atoms with E-state index in [1.165, 1.54) is 0 Å². The van der Waals surface area contributed by atoms with E-state index in [0.717, 1.165) is 0 Å². The van der Waals surface area contributed by atoms with Gasteiger partial charge in [-0.05, 0) is 24.5 Å². The Bertz CT molecular complexity index is 646. The van der Waals surface area contributed by atoms with E-state index in [9.17, 15) is 14.4 Å². The molecule has 0 saturated carbocycles. The van der Waals surface area contributed by atoms with Crippen molar-refractivity contribution in [2.24, 2.45) is 5.92 Å². The molecule has 3 N–H and O–H groups in total. The van der Waals surface area contributed by atoms with Crippen LogP contribution in [0.15, 0.2) is 24.3 Å². The molecule has 2 amide bonds. The Morgan fingerprint density at radius 2 is 1.92 bits per heavy atom. The van der Waals surface area contributed by atoms with Crippen LogP contribution >= 0.6 is 0 Å². The monoisotopic (exact) mass is 350 g/mol. The normalized spacial score (nSPS) is 16.8. The number of carboxylic acid groups (broad SMARTS) is 1. The van der Waals surface area contributed by atoms with Crippen LogP contribution in [0.2, 0.25) is 0 Å². The summed E-state index contributed by atoms with van der Waals surface area (Å²) in [7, 11) is 0. The Kier molecular flexibility index (Phi) is 6.21. The van der Waals surface area contributed by atoms with Crippen molar-refractivity contribution < 1.29 is 29.0 Å². The second kappa shape index (κ2) is 8.36. The molecule has 1 aromatic carbocycles. The summed E-state index contributed by atoms with van der Waals surface area (Å²) in [6.07, 6.45) is -0.556. The van der Waals surface area contributed by atoms with Gasteiger partial charge in [0, 0.05) is 0 Å². The lowest BCUT2D eigenvalue weighted by Gasteiger charge is -2.25. The topological polar surface area (TPSA) is 114 Å². The largest absolute Gasteiger partial charge is 0.485 e. The van der Waals surface area contributed by atoms with E-state index in [0.29, 0.717) is 17.9 Å². The second-order valence-corrected chi connectivity index (χ2v) is 6.17. The number of carboxylic acids is 1. The van der Waals surface area contributed by atoms with Crippen LogP contribution in [0.4, 0.5) is 0 Å². The molecule has 1 unspecified atom stereocenters. The zero-order valence-corrected chi connectivity index (χ0v) is 14.2. The number of fused-ring (bicyclic) bond motifs is 1. The van der Waals surface area contributed by atoms with E-state index in [1.54, 1.807) is 24.3 Å². The van der Waals surface area contributed by atoms with Crippen molar-refractivity contribution in [2.45, 2.75) is 32.4 Å². The Balaban J connectivity index is 1.81. The fourth-order valence-corrected chi connectivity index (χ4v) is 2.37. The molecule has 1 aliphatic heterocycles. The molecule has 0 bridgehead atoms. The minimum atomic E-state index is -1.10. The van der Waals surface area contributed by atoms with Crippen molar-refractivity contribution in [2.75, 3.05) is 13.2 Å². The van der Waals surface area contributed by atoms with E-state index in [1.807, 2.05) is 13.8 Å². The van der Waals surface area contributed by atoms with Crippen LogP contribution in [0, 0.1) is 5.92 Å². The maximum atomic E-state index is 12.1. The zero-order chi connectivity index (χ0) is 18.4. The first-order valence-corrected chi connectivity index (χ1v) is 8.05. The fraction of sp³-hybridized carbons (Fsp3) is 0.471. The third-order valence-electron chi connectivity index (χ3n) is 3.56. The first kappa shape index (κ1) is 18.6. The summed E-state index contributed by atoms with van der Waals surface area (Å²) in [4.78, 5) is 35.1. The van der Waals surface area contributed by atoms with Gasteiger partial charge in [0.05, 0.1) is 6.54 Å². The Hall–Kier alpha value is -2.77. The van der Waals surface area contributed by atoms with Gasteiger partial charge < -0.3 is 25.2 Å². The third kappa shape index (κ3) is 5.37. The SMILES string of the molecule is CC(C)C[C@H](NC(=O)CNC(=O)C1COc2ccccc2O1)C(=O)O. The maximum Gasteiger partial charge on any atom is 0.326 e. The van der Waals surface area contributed by atoms with Gasteiger partial charge in [-0.25, -0.2) is 4.79 Å². The zero-order valence-electron chi connectivity index (χ0n) is 14.2. The summed E-state index contributed by atoms with van der Waals surface area (Å²) in [6.45, 7) is 3.43. The lowest BCUT2D eigenvalue weighted by Crippen LogP contribution is -2.49. The number of ether oxygens (including phenoxy) is 2. The van der Waals surface area contributed by atoms with Gasteiger partial charge in [0.25, 0.3) is 5.91 Å². The molecular weight excluding hydrogens is 328 g/mol. The maximum absolute atomic E-state index is 12.1. The highest BCUT2D eigenvalue weighted by Gasteiger charge is 2.28. The second-order valence-electron chi connectivity index (χ2n) is 6.17. The molecule has 2 rings (SSSR count). The standard InChI is InChI=1S/C17H22N2O6/c1-10(2)7-11(17(22)23)19-15(20)8-18-16(21)14-9-24-12-5-3-4-6-13(12)25-14/h3-6,10-11,14H,7-9H2,1-2H3,(H,18,21)(H,19,20)(H,22,23)/t11-,14?/m0/s1. The molecular formula is C17H22N2O6. The number of aliphatic carboxylic acids is 1. The Morgan fingerprint density at radius 3 is 2.56 bits per heavy atom. The molecule has 1 aromatic rings. The van der Waals surface area contributed by atoms with Crippen molar-refractivity contribution in [1.29, 1.82) is 0 Å². The lowest BCUT2D eigenvalue weighted by atomic mass is 10.0. The van der Waals surface area contributed by atoms with Crippen LogP contribution < -0.4 is 20.1 Å². The number of carbonyl (C=O) groups is 3. The number of para-hydroxylation sites is 2. The number of hydrogen-bond acceptors (Lipinski definition) is 5. The predicted molar refractivity (Wildman–Crippen MR) is 88.4 cm³/mol. The van der Waals surface area contributed by atoms with Crippen LogP contribution in [-0.2, 0) is 14.4 Å². The van der Waals surface area contributed by atoms with E-state index in [4.69, 9.17) is 14.6 Å². The Morgan fingerprint density at radius 1 is 1.24 bits per heavy atom. The van der Waals surface area contributed by atoms with Gasteiger partial charge in [-0.3, -0.25) is 9.59 Å². The summed E-state index contributed by atoms with van der Waals surface area (Å²) >= 11 is 0. The average molecular weight is 350 g/mol. The summed E-state index contributed by atoms with van der Waals surface area (Å²) in [6, 6.07) is 5.99. The molecule has 0 aliphatic carbocycles. The third-order valence-corrected chi connectivity index (χ3v) is 3.56. The van der Waals surface area contributed by atoms with Crippen molar-refractivity contribution in [3.63, 3.8) is 0 Å². The van der Waals surface area contributed by atoms with Gasteiger partial charge in [0.1, 0.15) is 12.6 Å². The summed E-state index contributed by atoms with van der Waals surface area (Å²) in [5.74, 6) is -1.04. The molecule has 1 heterocycles. The fourth-order valence-electron chi connectivity index (χ4n) is 2.37. The van der Waals surface area contributed by atoms with Gasteiger partial charge in [0.15, 0.2) is 11.5 Å². The van der Waals surface area contributed by atoms with Crippen molar-refractivity contribution in [3.8, 4) is 11.5 Å². The van der Waals surface area contributed by atoms with Crippen LogP contribution in [0.3, 0.4) is 0 Å². The summed E-state index contributed by atoms with van der Waals surface area (Å²) in [5.41, 5.74) is 0. The highest BCUT2D eigenvalue weighted by atomic mass is 16.6. The number of rotatable bonds is 7. The first-order valence-electron chi connectivity index (χ1n) is 8.05. The van der Waals surface area contributed by atoms with Crippen LogP contribution in [0.25, 0.3) is 0 Å². The van der Waals surface area contributed by atoms with Crippen molar-refractivity contribution >= 4 is 17.8 Å². The van der Waals surface area contributed by atoms with Gasteiger partial charge >= 0.3 is 5.97 Å². The smallest absolute Gasteiger partial charge is 0.326 e. The molecule has 0 radical (unpaired) electrons. The highest BCUT2D eigenvalue weighted by molar-refractivity contribution is 5.89. The summed E-state index contributed by atoms with van der Waals surface area (Å²) in [5, 5.41) is 13.9. The minimum absolute atomic E-state index is 0.0373. The van der Waals surface area contributed by atoms with Crippen molar-refractivity contribution in [1.82, 2.24) is 10.6 Å². The predicted octanol–water partition coefficient (Wildman–Crippen LogP) is 0.558. The van der Waals surface area contributed by atoms with Gasteiger partial charge in [-0.1, -0.05) is 26.0 Å². The first-order chi connectivity index (χ1) is 11.9. The van der Waals surface area contributed by atoms with Gasteiger partial charge in [0.2, 0.25) is 12.0 Å². The Labute approximate surface area is 145 Å². The lowest BCUT2D eigenvalue weighted by molar-refractivity contribution is -0.142. The number of hydrogen-bond donors (Lipinski definition) is 3.